The number of benzene rings is 1. The van der Waals surface area contributed by atoms with Crippen LogP contribution in [0.1, 0.15) is 5.56 Å². The minimum Gasteiger partial charge on any atom is -0.504 e. The van der Waals surface area contributed by atoms with Crippen LogP contribution in [-0.2, 0) is 0 Å². The number of hydrogen-bond donors (Lipinski definition) is 2. The van der Waals surface area contributed by atoms with Gasteiger partial charge in [0.2, 0.25) is 0 Å². The highest BCUT2D eigenvalue weighted by atomic mass is 79.9. The molecular formula is C7H7BrO2. The average Bonchev–Trinajstić information content (AvgIpc) is 1.93. The Labute approximate surface area is 67.3 Å². The second-order valence-corrected chi connectivity index (χ2v) is 2.92. The van der Waals surface area contributed by atoms with Gasteiger partial charge < -0.3 is 10.2 Å². The van der Waals surface area contributed by atoms with E-state index in [0.29, 0.717) is 10.0 Å². The number of halogens is 1. The minimum atomic E-state index is -0.0972. The molecule has 0 aromatic heterocycles. The fourth-order valence-corrected chi connectivity index (χ4v) is 0.976. The maximum Gasteiger partial charge on any atom is 0.172 e. The van der Waals surface area contributed by atoms with Crippen LogP contribution < -0.4 is 0 Å². The van der Waals surface area contributed by atoms with Crippen molar-refractivity contribution in [3.05, 3.63) is 22.2 Å². The molecule has 1 aromatic rings. The topological polar surface area (TPSA) is 40.5 Å². The van der Waals surface area contributed by atoms with Crippen molar-refractivity contribution in [2.24, 2.45) is 0 Å². The normalized spacial score (nSPS) is 9.80. The first kappa shape index (κ1) is 7.41. The van der Waals surface area contributed by atoms with E-state index in [2.05, 4.69) is 15.9 Å². The van der Waals surface area contributed by atoms with Crippen molar-refractivity contribution in [2.45, 2.75) is 6.92 Å². The van der Waals surface area contributed by atoms with E-state index in [9.17, 15) is 0 Å². The van der Waals surface area contributed by atoms with Gasteiger partial charge >= 0.3 is 0 Å². The molecule has 1 aromatic carbocycles. The molecule has 0 saturated heterocycles. The van der Waals surface area contributed by atoms with Crippen molar-refractivity contribution >= 4 is 15.9 Å². The summed E-state index contributed by atoms with van der Waals surface area (Å²) in [5, 5.41) is 18.2. The zero-order valence-corrected chi connectivity index (χ0v) is 7.01. The highest BCUT2D eigenvalue weighted by Crippen LogP contribution is 2.35. The lowest BCUT2D eigenvalue weighted by atomic mass is 10.2. The second-order valence-electron chi connectivity index (χ2n) is 2.06. The summed E-state index contributed by atoms with van der Waals surface area (Å²) in [7, 11) is 0. The van der Waals surface area contributed by atoms with Gasteiger partial charge in [-0.15, -0.1) is 0 Å². The zero-order valence-electron chi connectivity index (χ0n) is 5.43. The van der Waals surface area contributed by atoms with Crippen LogP contribution >= 0.6 is 15.9 Å². The molecular weight excluding hydrogens is 196 g/mol. The van der Waals surface area contributed by atoms with Gasteiger partial charge in [0.05, 0.1) is 4.47 Å². The van der Waals surface area contributed by atoms with Gasteiger partial charge in [-0.25, -0.2) is 0 Å². The van der Waals surface area contributed by atoms with Crippen LogP contribution in [0.5, 0.6) is 11.5 Å². The van der Waals surface area contributed by atoms with Gasteiger partial charge in [-0.05, 0) is 34.5 Å². The molecule has 0 saturated carbocycles. The number of phenols is 2. The molecule has 0 amide bonds. The van der Waals surface area contributed by atoms with Crippen molar-refractivity contribution in [3.63, 3.8) is 0 Å². The monoisotopic (exact) mass is 202 g/mol. The fourth-order valence-electron chi connectivity index (χ4n) is 0.656. The van der Waals surface area contributed by atoms with Crippen molar-refractivity contribution in [1.82, 2.24) is 0 Å². The minimum absolute atomic E-state index is 0.0608. The second kappa shape index (κ2) is 2.50. The third-order valence-corrected chi connectivity index (χ3v) is 1.94. The van der Waals surface area contributed by atoms with Crippen LogP contribution in [0.2, 0.25) is 0 Å². The highest BCUT2D eigenvalue weighted by Gasteiger charge is 2.05. The molecule has 0 aliphatic carbocycles. The summed E-state index contributed by atoms with van der Waals surface area (Å²) >= 11 is 3.07. The van der Waals surface area contributed by atoms with Gasteiger partial charge in [-0.1, -0.05) is 6.07 Å². The van der Waals surface area contributed by atoms with Crippen LogP contribution in [0.15, 0.2) is 16.6 Å². The SMILES string of the molecule is Cc1ccc(Br)c(O)c1O. The van der Waals surface area contributed by atoms with Crippen molar-refractivity contribution < 1.29 is 10.2 Å². The van der Waals surface area contributed by atoms with Crippen LogP contribution in [0.25, 0.3) is 0 Å². The summed E-state index contributed by atoms with van der Waals surface area (Å²) in [6.45, 7) is 1.72. The Morgan fingerprint density at radius 1 is 1.20 bits per heavy atom. The average molecular weight is 203 g/mol. The quantitative estimate of drug-likeness (QED) is 0.634. The van der Waals surface area contributed by atoms with Gasteiger partial charge in [0.1, 0.15) is 0 Å². The molecule has 3 heteroatoms. The first-order chi connectivity index (χ1) is 4.63. The molecule has 10 heavy (non-hydrogen) atoms. The standard InChI is InChI=1S/C7H7BrO2/c1-4-2-3-5(8)7(10)6(4)9/h2-3,9-10H,1H3. The first-order valence-electron chi connectivity index (χ1n) is 2.80. The Bertz CT molecular complexity index is 231. The molecule has 0 heterocycles. The summed E-state index contributed by atoms with van der Waals surface area (Å²) < 4.78 is 0.510. The van der Waals surface area contributed by atoms with Gasteiger partial charge in [-0.3, -0.25) is 0 Å². The maximum atomic E-state index is 9.11. The largest absolute Gasteiger partial charge is 0.504 e. The van der Waals surface area contributed by atoms with Gasteiger partial charge in [0.15, 0.2) is 11.5 Å². The van der Waals surface area contributed by atoms with E-state index < -0.39 is 0 Å². The molecule has 1 rings (SSSR count). The number of aromatic hydroxyl groups is 2. The molecule has 0 atom stereocenters. The molecule has 0 bridgehead atoms. The van der Waals surface area contributed by atoms with Gasteiger partial charge in [0.25, 0.3) is 0 Å². The third kappa shape index (κ3) is 1.09. The molecule has 0 radical (unpaired) electrons. The van der Waals surface area contributed by atoms with E-state index in [1.807, 2.05) is 0 Å². The van der Waals surface area contributed by atoms with Crippen LogP contribution in [0.4, 0.5) is 0 Å². The van der Waals surface area contributed by atoms with E-state index in [4.69, 9.17) is 10.2 Å². The number of aryl methyl sites for hydroxylation is 1. The van der Waals surface area contributed by atoms with E-state index in [1.165, 1.54) is 0 Å². The predicted octanol–water partition coefficient (Wildman–Crippen LogP) is 2.17. The van der Waals surface area contributed by atoms with Gasteiger partial charge in [0, 0.05) is 0 Å². The smallest absolute Gasteiger partial charge is 0.172 e. The zero-order chi connectivity index (χ0) is 7.72. The molecule has 54 valence electrons. The fraction of sp³-hybridized carbons (Fsp3) is 0.143. The van der Waals surface area contributed by atoms with Crippen molar-refractivity contribution in [2.75, 3.05) is 0 Å². The van der Waals surface area contributed by atoms with Crippen molar-refractivity contribution in [1.29, 1.82) is 0 Å². The number of hydrogen-bond acceptors (Lipinski definition) is 2. The Morgan fingerprint density at radius 3 is 2.30 bits per heavy atom. The Kier molecular flexibility index (Phi) is 1.85. The van der Waals surface area contributed by atoms with E-state index >= 15 is 0 Å². The summed E-state index contributed by atoms with van der Waals surface area (Å²) in [6.07, 6.45) is 0. The Balaban J connectivity index is 3.34. The Hall–Kier alpha value is -0.700. The lowest BCUT2D eigenvalue weighted by molar-refractivity contribution is 0.399. The summed E-state index contributed by atoms with van der Waals surface area (Å²) in [4.78, 5) is 0. The molecule has 2 nitrogen and oxygen atoms in total. The predicted molar refractivity (Wildman–Crippen MR) is 42.2 cm³/mol. The summed E-state index contributed by atoms with van der Waals surface area (Å²) in [5.41, 5.74) is 0.667. The molecule has 0 spiro atoms. The molecule has 0 unspecified atom stereocenters. The third-order valence-electron chi connectivity index (χ3n) is 1.30. The molecule has 0 fully saturated rings. The summed E-state index contributed by atoms with van der Waals surface area (Å²) in [6, 6.07) is 3.41. The van der Waals surface area contributed by atoms with E-state index in [1.54, 1.807) is 19.1 Å². The van der Waals surface area contributed by atoms with Crippen LogP contribution in [0.3, 0.4) is 0 Å². The number of phenolic OH excluding ortho intramolecular Hbond substituents is 2. The lowest BCUT2D eigenvalue weighted by Gasteiger charge is -2.01. The number of rotatable bonds is 0. The molecule has 0 aliphatic rings. The summed E-state index contributed by atoms with van der Waals surface area (Å²) in [5.74, 6) is -0.158. The Morgan fingerprint density at radius 2 is 1.80 bits per heavy atom. The van der Waals surface area contributed by atoms with Crippen LogP contribution in [0, 0.1) is 6.92 Å². The molecule has 0 aliphatic heterocycles. The molecule has 2 N–H and O–H groups in total. The van der Waals surface area contributed by atoms with Crippen LogP contribution in [-0.4, -0.2) is 10.2 Å². The van der Waals surface area contributed by atoms with E-state index in [-0.39, 0.29) is 11.5 Å². The first-order valence-corrected chi connectivity index (χ1v) is 3.59. The highest BCUT2D eigenvalue weighted by molar-refractivity contribution is 9.10. The van der Waals surface area contributed by atoms with Gasteiger partial charge in [-0.2, -0.15) is 0 Å². The van der Waals surface area contributed by atoms with Crippen molar-refractivity contribution in [3.8, 4) is 11.5 Å². The lowest BCUT2D eigenvalue weighted by Crippen LogP contribution is -1.75. The maximum absolute atomic E-state index is 9.11. The van der Waals surface area contributed by atoms with E-state index in [0.717, 1.165) is 0 Å².